The summed E-state index contributed by atoms with van der Waals surface area (Å²) in [7, 11) is 0. The van der Waals surface area contributed by atoms with Crippen molar-refractivity contribution in [3.63, 3.8) is 0 Å². The highest BCUT2D eigenvalue weighted by Crippen LogP contribution is 2.23. The molecule has 1 fully saturated rings. The van der Waals surface area contributed by atoms with E-state index in [1.54, 1.807) is 6.20 Å². The molecular formula is C17H20N6. The zero-order valence-electron chi connectivity index (χ0n) is 13.2. The first-order chi connectivity index (χ1) is 11.3. The molecule has 0 bridgehead atoms. The fourth-order valence-corrected chi connectivity index (χ4v) is 2.95. The number of pyridine rings is 1. The van der Waals surface area contributed by atoms with Gasteiger partial charge in [0.15, 0.2) is 5.65 Å². The second-order valence-electron chi connectivity index (χ2n) is 5.71. The number of nitrogens with zero attached hydrogens (tertiary/aromatic N) is 5. The summed E-state index contributed by atoms with van der Waals surface area (Å²) in [6, 6.07) is 10.1. The van der Waals surface area contributed by atoms with Gasteiger partial charge in [-0.05, 0) is 18.6 Å². The van der Waals surface area contributed by atoms with Crippen molar-refractivity contribution in [3.8, 4) is 11.4 Å². The molecule has 0 unspecified atom stereocenters. The van der Waals surface area contributed by atoms with Gasteiger partial charge in [-0.25, -0.2) is 4.98 Å². The smallest absolute Gasteiger partial charge is 0.158 e. The predicted octanol–water partition coefficient (Wildman–Crippen LogP) is 1.76. The van der Waals surface area contributed by atoms with E-state index in [1.807, 2.05) is 28.8 Å². The summed E-state index contributed by atoms with van der Waals surface area (Å²) in [6.07, 6.45) is 2.71. The summed E-state index contributed by atoms with van der Waals surface area (Å²) >= 11 is 0. The summed E-state index contributed by atoms with van der Waals surface area (Å²) in [4.78, 5) is 11.5. The molecule has 118 valence electrons. The van der Waals surface area contributed by atoms with E-state index in [2.05, 4.69) is 28.2 Å². The Morgan fingerprint density at radius 2 is 2.00 bits per heavy atom. The summed E-state index contributed by atoms with van der Waals surface area (Å²) in [5.74, 6) is 1.12. The van der Waals surface area contributed by atoms with Crippen molar-refractivity contribution >= 4 is 11.5 Å². The summed E-state index contributed by atoms with van der Waals surface area (Å²) in [6.45, 7) is 6.11. The van der Waals surface area contributed by atoms with Crippen molar-refractivity contribution < 1.29 is 0 Å². The van der Waals surface area contributed by atoms with Crippen LogP contribution in [0, 0.1) is 0 Å². The molecule has 1 aliphatic heterocycles. The molecule has 6 heteroatoms. The number of nitrogens with one attached hydrogen (secondary N) is 1. The molecule has 4 rings (SSSR count). The van der Waals surface area contributed by atoms with E-state index in [0.717, 1.165) is 61.1 Å². The summed E-state index contributed by atoms with van der Waals surface area (Å²) < 4.78 is 1.95. The van der Waals surface area contributed by atoms with Crippen LogP contribution in [0.2, 0.25) is 0 Å². The largest absolute Gasteiger partial charge is 0.354 e. The zero-order chi connectivity index (χ0) is 15.6. The van der Waals surface area contributed by atoms with Gasteiger partial charge in [0.05, 0.1) is 5.69 Å². The first-order valence-corrected chi connectivity index (χ1v) is 8.12. The van der Waals surface area contributed by atoms with E-state index in [1.165, 1.54) is 0 Å². The zero-order valence-corrected chi connectivity index (χ0v) is 13.2. The third-order valence-corrected chi connectivity index (χ3v) is 4.19. The maximum atomic E-state index is 4.76. The molecule has 0 spiro atoms. The minimum Gasteiger partial charge on any atom is -0.354 e. The van der Waals surface area contributed by atoms with Crippen molar-refractivity contribution in [1.82, 2.24) is 24.9 Å². The van der Waals surface area contributed by atoms with Gasteiger partial charge in [0, 0.05) is 50.2 Å². The molecule has 6 nitrogen and oxygen atoms in total. The van der Waals surface area contributed by atoms with Gasteiger partial charge in [-0.15, -0.1) is 0 Å². The van der Waals surface area contributed by atoms with Crippen LogP contribution in [0.3, 0.4) is 0 Å². The summed E-state index contributed by atoms with van der Waals surface area (Å²) in [5.41, 5.74) is 3.72. The Labute approximate surface area is 135 Å². The van der Waals surface area contributed by atoms with E-state index >= 15 is 0 Å². The second-order valence-corrected chi connectivity index (χ2v) is 5.71. The van der Waals surface area contributed by atoms with Crippen LogP contribution in [0.5, 0.6) is 0 Å². The highest BCUT2D eigenvalue weighted by molar-refractivity contribution is 5.63. The lowest BCUT2D eigenvalue weighted by Crippen LogP contribution is -2.44. The normalized spacial score (nSPS) is 15.3. The molecule has 0 atom stereocenters. The summed E-state index contributed by atoms with van der Waals surface area (Å²) in [5, 5.41) is 8.16. The van der Waals surface area contributed by atoms with Crippen LogP contribution < -0.4 is 10.2 Å². The van der Waals surface area contributed by atoms with E-state index in [0.29, 0.717) is 0 Å². The second kappa shape index (κ2) is 5.96. The van der Waals surface area contributed by atoms with Crippen molar-refractivity contribution in [2.45, 2.75) is 13.3 Å². The highest BCUT2D eigenvalue weighted by atomic mass is 15.4. The van der Waals surface area contributed by atoms with Gasteiger partial charge in [-0.3, -0.25) is 4.98 Å². The number of anilines is 1. The number of hydrogen-bond acceptors (Lipinski definition) is 5. The Hall–Kier alpha value is -2.47. The first-order valence-electron chi connectivity index (χ1n) is 8.12. The molecule has 1 aliphatic rings. The van der Waals surface area contributed by atoms with Crippen molar-refractivity contribution in [1.29, 1.82) is 0 Å². The molecule has 0 radical (unpaired) electrons. The number of aryl methyl sites for hydroxylation is 1. The maximum absolute atomic E-state index is 4.76. The highest BCUT2D eigenvalue weighted by Gasteiger charge is 2.17. The molecule has 1 N–H and O–H groups in total. The number of hydrogen-bond donors (Lipinski definition) is 1. The van der Waals surface area contributed by atoms with Crippen LogP contribution in [0.25, 0.3) is 17.0 Å². The number of fused-ring (bicyclic) bond motifs is 1. The van der Waals surface area contributed by atoms with Gasteiger partial charge < -0.3 is 10.2 Å². The van der Waals surface area contributed by atoms with Crippen molar-refractivity contribution in [2.75, 3.05) is 31.1 Å². The fraction of sp³-hybridized carbons (Fsp3) is 0.353. The van der Waals surface area contributed by atoms with Crippen LogP contribution in [0.1, 0.15) is 12.6 Å². The molecule has 1 saturated heterocycles. The average Bonchev–Trinajstić information content (AvgIpc) is 3.06. The standard InChI is InChI=1S/C17H20N6/c1-2-13-11-17(22-9-7-18-8-10-22)23-16(20-13)12-15(21-23)14-5-3-4-6-19-14/h3-6,11-12,18H,2,7-10H2,1H3. The monoisotopic (exact) mass is 308 g/mol. The quantitative estimate of drug-likeness (QED) is 0.799. The molecule has 3 aromatic rings. The third-order valence-electron chi connectivity index (χ3n) is 4.19. The molecule has 23 heavy (non-hydrogen) atoms. The molecule has 0 amide bonds. The van der Waals surface area contributed by atoms with E-state index in [-0.39, 0.29) is 0 Å². The third kappa shape index (κ3) is 2.66. The number of rotatable bonds is 3. The van der Waals surface area contributed by atoms with E-state index < -0.39 is 0 Å². The molecular weight excluding hydrogens is 288 g/mol. The van der Waals surface area contributed by atoms with Crippen LogP contribution in [-0.4, -0.2) is 45.8 Å². The number of aromatic nitrogens is 4. The van der Waals surface area contributed by atoms with Gasteiger partial charge in [0.25, 0.3) is 0 Å². The van der Waals surface area contributed by atoms with Crippen molar-refractivity contribution in [3.05, 3.63) is 42.2 Å². The Morgan fingerprint density at radius 1 is 1.13 bits per heavy atom. The molecule has 0 saturated carbocycles. The lowest BCUT2D eigenvalue weighted by atomic mass is 10.2. The van der Waals surface area contributed by atoms with Gasteiger partial charge in [0.1, 0.15) is 11.5 Å². The van der Waals surface area contributed by atoms with Gasteiger partial charge in [-0.1, -0.05) is 13.0 Å². The van der Waals surface area contributed by atoms with Crippen molar-refractivity contribution in [2.24, 2.45) is 0 Å². The van der Waals surface area contributed by atoms with Gasteiger partial charge in [0.2, 0.25) is 0 Å². The topological polar surface area (TPSA) is 58.4 Å². The number of piperazine rings is 1. The average molecular weight is 308 g/mol. The molecule has 0 aromatic carbocycles. The fourth-order valence-electron chi connectivity index (χ4n) is 2.95. The van der Waals surface area contributed by atoms with Crippen LogP contribution in [0.15, 0.2) is 36.5 Å². The Kier molecular flexibility index (Phi) is 3.67. The van der Waals surface area contributed by atoms with Crippen LogP contribution in [0.4, 0.5) is 5.82 Å². The van der Waals surface area contributed by atoms with E-state index in [9.17, 15) is 0 Å². The Balaban J connectivity index is 1.85. The van der Waals surface area contributed by atoms with E-state index in [4.69, 9.17) is 10.1 Å². The Bertz CT molecular complexity index is 805. The lowest BCUT2D eigenvalue weighted by molar-refractivity contribution is 0.579. The SMILES string of the molecule is CCc1cc(N2CCNCC2)n2nc(-c3ccccn3)cc2n1. The lowest BCUT2D eigenvalue weighted by Gasteiger charge is -2.29. The molecule has 4 heterocycles. The van der Waals surface area contributed by atoms with Gasteiger partial charge in [-0.2, -0.15) is 9.61 Å². The minimum absolute atomic E-state index is 0.864. The van der Waals surface area contributed by atoms with Gasteiger partial charge >= 0.3 is 0 Å². The maximum Gasteiger partial charge on any atom is 0.158 e. The van der Waals surface area contributed by atoms with Crippen LogP contribution in [-0.2, 0) is 6.42 Å². The Morgan fingerprint density at radius 3 is 2.74 bits per heavy atom. The van der Waals surface area contributed by atoms with Crippen LogP contribution >= 0.6 is 0 Å². The molecule has 0 aliphatic carbocycles. The minimum atomic E-state index is 0.864. The predicted molar refractivity (Wildman–Crippen MR) is 90.7 cm³/mol. The first kappa shape index (κ1) is 14.1. The molecule has 3 aromatic heterocycles.